The summed E-state index contributed by atoms with van der Waals surface area (Å²) in [5, 5.41) is 6.05. The minimum atomic E-state index is -0.134. The Morgan fingerprint density at radius 1 is 1.09 bits per heavy atom. The van der Waals surface area contributed by atoms with Gasteiger partial charge >= 0.3 is 6.03 Å². The van der Waals surface area contributed by atoms with Gasteiger partial charge in [-0.3, -0.25) is 0 Å². The molecular formula is C19H22N2O. The molecule has 3 heteroatoms. The summed E-state index contributed by atoms with van der Waals surface area (Å²) in [6, 6.07) is 14.3. The Morgan fingerprint density at radius 3 is 2.73 bits per heavy atom. The van der Waals surface area contributed by atoms with Crippen LogP contribution >= 0.6 is 0 Å². The number of carbonyl (C=O) groups is 1. The van der Waals surface area contributed by atoms with Crippen molar-refractivity contribution in [2.45, 2.75) is 39.2 Å². The first-order valence-corrected chi connectivity index (χ1v) is 7.86. The number of hydrogen-bond donors (Lipinski definition) is 2. The lowest BCUT2D eigenvalue weighted by Crippen LogP contribution is -2.34. The Hall–Kier alpha value is -2.29. The van der Waals surface area contributed by atoms with Gasteiger partial charge in [0.25, 0.3) is 0 Å². The molecule has 2 aromatic rings. The van der Waals surface area contributed by atoms with Crippen LogP contribution in [0, 0.1) is 13.8 Å². The number of rotatable bonds is 2. The van der Waals surface area contributed by atoms with E-state index in [4.69, 9.17) is 0 Å². The minimum absolute atomic E-state index is 0.108. The third-order valence-electron chi connectivity index (χ3n) is 4.44. The van der Waals surface area contributed by atoms with Gasteiger partial charge in [-0.2, -0.15) is 0 Å². The molecule has 0 fully saturated rings. The van der Waals surface area contributed by atoms with Gasteiger partial charge in [0.2, 0.25) is 0 Å². The first kappa shape index (κ1) is 14.6. The number of urea groups is 1. The maximum Gasteiger partial charge on any atom is 0.319 e. The lowest BCUT2D eigenvalue weighted by atomic mass is 9.88. The fourth-order valence-corrected chi connectivity index (χ4v) is 3.05. The van der Waals surface area contributed by atoms with Gasteiger partial charge in [0, 0.05) is 5.69 Å². The highest BCUT2D eigenvalue weighted by atomic mass is 16.2. The van der Waals surface area contributed by atoms with Crippen molar-refractivity contribution in [1.29, 1.82) is 0 Å². The van der Waals surface area contributed by atoms with Crippen molar-refractivity contribution in [1.82, 2.24) is 5.32 Å². The molecule has 1 aliphatic carbocycles. The predicted octanol–water partition coefficient (Wildman–Crippen LogP) is 4.50. The van der Waals surface area contributed by atoms with Gasteiger partial charge in [-0.25, -0.2) is 4.79 Å². The number of fused-ring (bicyclic) bond motifs is 1. The lowest BCUT2D eigenvalue weighted by molar-refractivity contribution is 0.247. The second-order valence-corrected chi connectivity index (χ2v) is 6.04. The molecule has 3 rings (SSSR count). The molecule has 2 N–H and O–H groups in total. The fourth-order valence-electron chi connectivity index (χ4n) is 3.05. The van der Waals surface area contributed by atoms with E-state index < -0.39 is 0 Å². The second kappa shape index (κ2) is 6.22. The monoisotopic (exact) mass is 294 g/mol. The standard InChI is InChI=1S/C19H22N2O/c1-13-10-11-16(12-14(13)2)20-19(22)21-18-9-5-7-15-6-3-4-8-17(15)18/h3-4,6,8,10-12,18H,5,7,9H2,1-2H3,(H2,20,21,22). The van der Waals surface area contributed by atoms with Crippen molar-refractivity contribution in [3.05, 3.63) is 64.7 Å². The molecule has 0 saturated carbocycles. The van der Waals surface area contributed by atoms with E-state index in [1.165, 1.54) is 22.3 Å². The highest BCUT2D eigenvalue weighted by Gasteiger charge is 2.21. The van der Waals surface area contributed by atoms with Crippen LogP contribution in [-0.2, 0) is 6.42 Å². The molecule has 0 heterocycles. The van der Waals surface area contributed by atoms with Crippen molar-refractivity contribution < 1.29 is 4.79 Å². The number of hydrogen-bond acceptors (Lipinski definition) is 1. The van der Waals surface area contributed by atoms with E-state index in [1.54, 1.807) is 0 Å². The highest BCUT2D eigenvalue weighted by molar-refractivity contribution is 5.89. The molecule has 1 atom stereocenters. The summed E-state index contributed by atoms with van der Waals surface area (Å²) in [5.41, 5.74) is 5.85. The molecule has 1 aliphatic rings. The molecule has 114 valence electrons. The van der Waals surface area contributed by atoms with Crippen LogP contribution in [0.15, 0.2) is 42.5 Å². The SMILES string of the molecule is Cc1ccc(NC(=O)NC2CCCc3ccccc32)cc1C. The number of amides is 2. The van der Waals surface area contributed by atoms with Crippen molar-refractivity contribution in [2.24, 2.45) is 0 Å². The molecular weight excluding hydrogens is 272 g/mol. The van der Waals surface area contributed by atoms with Crippen LogP contribution < -0.4 is 10.6 Å². The predicted molar refractivity (Wildman–Crippen MR) is 90.2 cm³/mol. The topological polar surface area (TPSA) is 41.1 Å². The highest BCUT2D eigenvalue weighted by Crippen LogP contribution is 2.29. The summed E-state index contributed by atoms with van der Waals surface area (Å²) in [7, 11) is 0. The van der Waals surface area contributed by atoms with E-state index in [9.17, 15) is 4.79 Å². The minimum Gasteiger partial charge on any atom is -0.331 e. The fraction of sp³-hybridized carbons (Fsp3) is 0.316. The number of carbonyl (C=O) groups excluding carboxylic acids is 1. The molecule has 3 nitrogen and oxygen atoms in total. The molecule has 0 saturated heterocycles. The summed E-state index contributed by atoms with van der Waals surface area (Å²) in [6.45, 7) is 4.12. The molecule has 2 aromatic carbocycles. The van der Waals surface area contributed by atoms with Gasteiger partial charge in [-0.05, 0) is 67.5 Å². The lowest BCUT2D eigenvalue weighted by Gasteiger charge is -2.26. The zero-order valence-corrected chi connectivity index (χ0v) is 13.1. The Kier molecular flexibility index (Phi) is 4.14. The Labute approximate surface area is 131 Å². The first-order valence-electron chi connectivity index (χ1n) is 7.86. The van der Waals surface area contributed by atoms with E-state index in [1.807, 2.05) is 24.3 Å². The summed E-state index contributed by atoms with van der Waals surface area (Å²) >= 11 is 0. The first-order chi connectivity index (χ1) is 10.6. The molecule has 0 bridgehead atoms. The van der Waals surface area contributed by atoms with Crippen molar-refractivity contribution >= 4 is 11.7 Å². The van der Waals surface area contributed by atoms with Gasteiger partial charge in [0.1, 0.15) is 0 Å². The maximum atomic E-state index is 12.3. The Balaban J connectivity index is 1.69. The van der Waals surface area contributed by atoms with Crippen molar-refractivity contribution in [2.75, 3.05) is 5.32 Å². The number of benzene rings is 2. The van der Waals surface area contributed by atoms with Crippen LogP contribution in [0.3, 0.4) is 0 Å². The molecule has 0 aromatic heterocycles. The molecule has 2 amide bonds. The Bertz CT molecular complexity index is 694. The molecule has 0 radical (unpaired) electrons. The summed E-state index contributed by atoms with van der Waals surface area (Å²) < 4.78 is 0. The Morgan fingerprint density at radius 2 is 1.91 bits per heavy atom. The molecule has 1 unspecified atom stereocenters. The van der Waals surface area contributed by atoms with Gasteiger partial charge in [0.15, 0.2) is 0 Å². The maximum absolute atomic E-state index is 12.3. The molecule has 0 aliphatic heterocycles. The molecule has 0 spiro atoms. The van der Waals surface area contributed by atoms with Gasteiger partial charge in [-0.15, -0.1) is 0 Å². The van der Waals surface area contributed by atoms with E-state index in [0.717, 1.165) is 24.9 Å². The van der Waals surface area contributed by atoms with Crippen molar-refractivity contribution in [3.8, 4) is 0 Å². The van der Waals surface area contributed by atoms with E-state index in [0.29, 0.717) is 0 Å². The third kappa shape index (κ3) is 3.14. The van der Waals surface area contributed by atoms with Crippen LogP contribution in [0.4, 0.5) is 10.5 Å². The van der Waals surface area contributed by atoms with Crippen LogP contribution in [0.5, 0.6) is 0 Å². The average Bonchev–Trinajstić information content (AvgIpc) is 2.51. The number of nitrogens with one attached hydrogen (secondary N) is 2. The zero-order valence-electron chi connectivity index (χ0n) is 13.1. The summed E-state index contributed by atoms with van der Waals surface area (Å²) in [4.78, 5) is 12.3. The van der Waals surface area contributed by atoms with Crippen LogP contribution in [0.1, 0.15) is 41.1 Å². The number of anilines is 1. The largest absolute Gasteiger partial charge is 0.331 e. The zero-order chi connectivity index (χ0) is 15.5. The van der Waals surface area contributed by atoms with Crippen molar-refractivity contribution in [3.63, 3.8) is 0 Å². The van der Waals surface area contributed by atoms with Crippen LogP contribution in [-0.4, -0.2) is 6.03 Å². The van der Waals surface area contributed by atoms with E-state index in [2.05, 4.69) is 42.7 Å². The smallest absolute Gasteiger partial charge is 0.319 e. The quantitative estimate of drug-likeness (QED) is 0.841. The molecule has 22 heavy (non-hydrogen) atoms. The van der Waals surface area contributed by atoms with E-state index in [-0.39, 0.29) is 12.1 Å². The summed E-state index contributed by atoms with van der Waals surface area (Å²) in [5.74, 6) is 0. The number of aryl methyl sites for hydroxylation is 3. The average molecular weight is 294 g/mol. The second-order valence-electron chi connectivity index (χ2n) is 6.04. The summed E-state index contributed by atoms with van der Waals surface area (Å²) in [6.07, 6.45) is 3.22. The van der Waals surface area contributed by atoms with Gasteiger partial charge < -0.3 is 10.6 Å². The van der Waals surface area contributed by atoms with Crippen LogP contribution in [0.2, 0.25) is 0 Å². The van der Waals surface area contributed by atoms with Crippen LogP contribution in [0.25, 0.3) is 0 Å². The third-order valence-corrected chi connectivity index (χ3v) is 4.44. The normalized spacial score (nSPS) is 16.7. The van der Waals surface area contributed by atoms with E-state index >= 15 is 0 Å². The van der Waals surface area contributed by atoms with Gasteiger partial charge in [-0.1, -0.05) is 30.3 Å². The van der Waals surface area contributed by atoms with Gasteiger partial charge in [0.05, 0.1) is 6.04 Å².